The zero-order valence-electron chi connectivity index (χ0n) is 11.1. The van der Waals surface area contributed by atoms with Gasteiger partial charge in [0, 0.05) is 11.1 Å². The first-order chi connectivity index (χ1) is 8.82. The molecule has 5 heteroatoms. The van der Waals surface area contributed by atoms with Gasteiger partial charge in [-0.1, -0.05) is 12.1 Å². The second kappa shape index (κ2) is 6.04. The molecule has 0 aromatic heterocycles. The Morgan fingerprint density at radius 3 is 2.37 bits per heavy atom. The Labute approximate surface area is 111 Å². The third-order valence-electron chi connectivity index (χ3n) is 2.94. The predicted molar refractivity (Wildman–Crippen MR) is 70.7 cm³/mol. The molecule has 1 rings (SSSR count). The largest absolute Gasteiger partial charge is 0.508 e. The van der Waals surface area contributed by atoms with Crippen molar-refractivity contribution in [2.45, 2.75) is 26.8 Å². The quantitative estimate of drug-likeness (QED) is 0.725. The second-order valence-electron chi connectivity index (χ2n) is 4.35. The molecule has 19 heavy (non-hydrogen) atoms. The average Bonchev–Trinajstić information content (AvgIpc) is 2.36. The minimum absolute atomic E-state index is 0.0145. The SMILES string of the molecule is CC(C(=O)O)=C(C)C(=O)NC(C)c1cccc(O)c1. The zero-order chi connectivity index (χ0) is 14.6. The molecule has 102 valence electrons. The highest BCUT2D eigenvalue weighted by Crippen LogP contribution is 2.18. The van der Waals surface area contributed by atoms with Gasteiger partial charge >= 0.3 is 5.97 Å². The van der Waals surface area contributed by atoms with Crippen LogP contribution in [0.4, 0.5) is 0 Å². The predicted octanol–water partition coefficient (Wildman–Crippen LogP) is 1.99. The molecule has 0 fully saturated rings. The first-order valence-corrected chi connectivity index (χ1v) is 5.83. The van der Waals surface area contributed by atoms with Gasteiger partial charge in [-0.25, -0.2) is 4.79 Å². The molecule has 1 aromatic carbocycles. The Bertz CT molecular complexity index is 534. The van der Waals surface area contributed by atoms with Gasteiger partial charge in [-0.15, -0.1) is 0 Å². The zero-order valence-corrected chi connectivity index (χ0v) is 11.1. The van der Waals surface area contributed by atoms with Crippen molar-refractivity contribution in [2.75, 3.05) is 0 Å². The molecule has 0 bridgehead atoms. The van der Waals surface area contributed by atoms with Crippen molar-refractivity contribution in [3.63, 3.8) is 0 Å². The lowest BCUT2D eigenvalue weighted by molar-refractivity contribution is -0.133. The molecule has 0 heterocycles. The van der Waals surface area contributed by atoms with Crippen molar-refractivity contribution in [3.05, 3.63) is 41.0 Å². The Kier molecular flexibility index (Phi) is 4.69. The van der Waals surface area contributed by atoms with Crippen LogP contribution >= 0.6 is 0 Å². The minimum atomic E-state index is -1.11. The van der Waals surface area contributed by atoms with Crippen molar-refractivity contribution >= 4 is 11.9 Å². The van der Waals surface area contributed by atoms with Gasteiger partial charge in [-0.3, -0.25) is 4.79 Å². The van der Waals surface area contributed by atoms with Crippen LogP contribution in [0, 0.1) is 0 Å². The van der Waals surface area contributed by atoms with Gasteiger partial charge < -0.3 is 15.5 Å². The summed E-state index contributed by atoms with van der Waals surface area (Å²) in [4.78, 5) is 22.6. The smallest absolute Gasteiger partial charge is 0.331 e. The van der Waals surface area contributed by atoms with E-state index in [9.17, 15) is 14.7 Å². The maximum atomic E-state index is 11.9. The lowest BCUT2D eigenvalue weighted by Crippen LogP contribution is -2.28. The highest BCUT2D eigenvalue weighted by molar-refractivity contribution is 6.01. The van der Waals surface area contributed by atoms with Gasteiger partial charge in [0.1, 0.15) is 5.75 Å². The number of aliphatic carboxylic acids is 1. The van der Waals surface area contributed by atoms with E-state index in [2.05, 4.69) is 5.32 Å². The van der Waals surface area contributed by atoms with Gasteiger partial charge in [0.25, 0.3) is 0 Å². The summed E-state index contributed by atoms with van der Waals surface area (Å²) in [7, 11) is 0. The number of phenolic OH excluding ortho intramolecular Hbond substituents is 1. The van der Waals surface area contributed by atoms with E-state index in [4.69, 9.17) is 5.11 Å². The molecule has 3 N–H and O–H groups in total. The lowest BCUT2D eigenvalue weighted by atomic mass is 10.1. The number of rotatable bonds is 4. The summed E-state index contributed by atoms with van der Waals surface area (Å²) in [5.74, 6) is -1.43. The molecule has 0 saturated carbocycles. The third-order valence-corrected chi connectivity index (χ3v) is 2.94. The number of phenols is 1. The number of aromatic hydroxyl groups is 1. The number of hydrogen-bond acceptors (Lipinski definition) is 3. The van der Waals surface area contributed by atoms with Crippen LogP contribution in [0.1, 0.15) is 32.4 Å². The molecule has 1 atom stereocenters. The number of benzene rings is 1. The Balaban J connectivity index is 2.83. The summed E-state index contributed by atoms with van der Waals surface area (Å²) < 4.78 is 0. The summed E-state index contributed by atoms with van der Waals surface area (Å²) in [5, 5.41) is 20.9. The van der Waals surface area contributed by atoms with Crippen LogP contribution in [0.2, 0.25) is 0 Å². The Morgan fingerprint density at radius 2 is 1.84 bits per heavy atom. The first kappa shape index (κ1) is 14.8. The van der Waals surface area contributed by atoms with Crippen LogP contribution in [0.15, 0.2) is 35.4 Å². The van der Waals surface area contributed by atoms with Gasteiger partial charge in [-0.2, -0.15) is 0 Å². The van der Waals surface area contributed by atoms with Crippen LogP contribution in [-0.4, -0.2) is 22.1 Å². The maximum Gasteiger partial charge on any atom is 0.331 e. The lowest BCUT2D eigenvalue weighted by Gasteiger charge is -2.15. The number of carboxylic acid groups (broad SMARTS) is 1. The molecule has 1 unspecified atom stereocenters. The highest BCUT2D eigenvalue weighted by atomic mass is 16.4. The van der Waals surface area contributed by atoms with E-state index in [0.29, 0.717) is 0 Å². The summed E-state index contributed by atoms with van der Waals surface area (Å²) in [5.41, 5.74) is 0.925. The van der Waals surface area contributed by atoms with Crippen molar-refractivity contribution in [1.29, 1.82) is 0 Å². The molecule has 0 saturated heterocycles. The first-order valence-electron chi connectivity index (χ1n) is 5.83. The van der Waals surface area contributed by atoms with Crippen molar-refractivity contribution in [3.8, 4) is 5.75 Å². The Hall–Kier alpha value is -2.30. The molecule has 5 nitrogen and oxygen atoms in total. The molecule has 1 aromatic rings. The molecule has 0 aliphatic heterocycles. The van der Waals surface area contributed by atoms with Crippen LogP contribution in [0.3, 0.4) is 0 Å². The van der Waals surface area contributed by atoms with Crippen molar-refractivity contribution < 1.29 is 19.8 Å². The number of carbonyl (C=O) groups is 2. The fourth-order valence-electron chi connectivity index (χ4n) is 1.51. The molecule has 1 amide bonds. The number of nitrogens with one attached hydrogen (secondary N) is 1. The van der Waals surface area contributed by atoms with Crippen LogP contribution in [0.25, 0.3) is 0 Å². The van der Waals surface area contributed by atoms with Gasteiger partial charge in [0.05, 0.1) is 6.04 Å². The minimum Gasteiger partial charge on any atom is -0.508 e. The van der Waals surface area contributed by atoms with E-state index in [1.807, 2.05) is 0 Å². The Morgan fingerprint density at radius 1 is 1.21 bits per heavy atom. The summed E-state index contributed by atoms with van der Waals surface area (Å²) in [6, 6.07) is 6.22. The second-order valence-corrected chi connectivity index (χ2v) is 4.35. The van der Waals surface area contributed by atoms with Gasteiger partial charge in [0.2, 0.25) is 5.91 Å². The van der Waals surface area contributed by atoms with E-state index < -0.39 is 11.9 Å². The monoisotopic (exact) mass is 263 g/mol. The van der Waals surface area contributed by atoms with Crippen LogP contribution in [0.5, 0.6) is 5.75 Å². The molecule has 0 radical (unpaired) electrons. The molecule has 0 aliphatic rings. The fraction of sp³-hybridized carbons (Fsp3) is 0.286. The van der Waals surface area contributed by atoms with Crippen LogP contribution < -0.4 is 5.32 Å². The molecular formula is C14H17NO4. The average molecular weight is 263 g/mol. The van der Waals surface area contributed by atoms with Gasteiger partial charge in [0.15, 0.2) is 0 Å². The third kappa shape index (κ3) is 3.84. The summed E-state index contributed by atoms with van der Waals surface area (Å²) in [6.07, 6.45) is 0. The number of carbonyl (C=O) groups excluding carboxylic acids is 1. The van der Waals surface area contributed by atoms with Gasteiger partial charge in [-0.05, 0) is 38.5 Å². The fourth-order valence-corrected chi connectivity index (χ4v) is 1.51. The normalized spacial score (nSPS) is 13.4. The van der Waals surface area contributed by atoms with Crippen molar-refractivity contribution in [2.24, 2.45) is 0 Å². The number of hydrogen-bond donors (Lipinski definition) is 3. The van der Waals surface area contributed by atoms with Crippen LogP contribution in [-0.2, 0) is 9.59 Å². The van der Waals surface area contributed by atoms with E-state index >= 15 is 0 Å². The van der Waals surface area contributed by atoms with E-state index in [0.717, 1.165) is 5.56 Å². The molecular weight excluding hydrogens is 246 g/mol. The number of amides is 1. The molecule has 0 aliphatic carbocycles. The summed E-state index contributed by atoms with van der Waals surface area (Å²) in [6.45, 7) is 4.61. The van der Waals surface area contributed by atoms with E-state index in [1.54, 1.807) is 25.1 Å². The van der Waals surface area contributed by atoms with E-state index in [1.165, 1.54) is 19.9 Å². The number of carboxylic acids is 1. The van der Waals surface area contributed by atoms with Crippen molar-refractivity contribution in [1.82, 2.24) is 5.32 Å². The van der Waals surface area contributed by atoms with E-state index in [-0.39, 0.29) is 22.9 Å². The molecule has 0 spiro atoms. The topological polar surface area (TPSA) is 86.6 Å². The summed E-state index contributed by atoms with van der Waals surface area (Å²) >= 11 is 0. The maximum absolute atomic E-state index is 11.9. The standard InChI is InChI=1S/C14H17NO4/c1-8(9(2)14(18)19)13(17)15-10(3)11-5-4-6-12(16)7-11/h4-7,10,16H,1-3H3,(H,15,17)(H,18,19). The highest BCUT2D eigenvalue weighted by Gasteiger charge is 2.15.